The van der Waals surface area contributed by atoms with Crippen molar-refractivity contribution in [3.05, 3.63) is 52.6 Å². The van der Waals surface area contributed by atoms with Gasteiger partial charge in [0.25, 0.3) is 0 Å². The summed E-state index contributed by atoms with van der Waals surface area (Å²) in [4.78, 5) is 0.858. The molecule has 7 heteroatoms. The van der Waals surface area contributed by atoms with E-state index in [2.05, 4.69) is 50.7 Å². The molecule has 0 atom stereocenters. The Morgan fingerprint density at radius 2 is 1.39 bits per heavy atom. The van der Waals surface area contributed by atoms with Gasteiger partial charge in [0, 0.05) is 11.1 Å². The molecule has 0 aliphatic rings. The highest BCUT2D eigenvalue weighted by atomic mass is 32.1. The van der Waals surface area contributed by atoms with Crippen molar-refractivity contribution in [2.45, 2.75) is 32.3 Å². The summed E-state index contributed by atoms with van der Waals surface area (Å²) in [5, 5.41) is 0. The third kappa shape index (κ3) is 6.25. The van der Waals surface area contributed by atoms with Crippen molar-refractivity contribution in [1.29, 1.82) is 0 Å². The van der Waals surface area contributed by atoms with Gasteiger partial charge in [0.1, 0.15) is 6.67 Å². The van der Waals surface area contributed by atoms with E-state index >= 15 is 0 Å². The van der Waals surface area contributed by atoms with Crippen LogP contribution in [0.3, 0.4) is 0 Å². The van der Waals surface area contributed by atoms with Crippen LogP contribution in [0.4, 0.5) is 21.7 Å². The molecule has 0 amide bonds. The fourth-order valence-electron chi connectivity index (χ4n) is 2.21. The van der Waals surface area contributed by atoms with Crippen molar-refractivity contribution >= 4 is 19.9 Å². The van der Waals surface area contributed by atoms with Gasteiger partial charge in [-0.25, -0.2) is 4.39 Å². The van der Waals surface area contributed by atoms with Crippen LogP contribution in [0.25, 0.3) is 11.1 Å². The second-order valence-electron chi connectivity index (χ2n) is 5.29. The SMILES string of the molecule is Cc1ccc(C)c(-c2cc(C)cc(CF)c2[SH2+])c1.F[B-](F)(F)F. The van der Waals surface area contributed by atoms with Crippen LogP contribution in [-0.2, 0) is 19.3 Å². The van der Waals surface area contributed by atoms with E-state index in [0.717, 1.165) is 16.0 Å². The first-order valence-electron chi connectivity index (χ1n) is 6.89. The van der Waals surface area contributed by atoms with E-state index in [1.807, 2.05) is 13.0 Å². The normalized spacial score (nSPS) is 11.0. The topological polar surface area (TPSA) is 0 Å². The molecule has 0 saturated carbocycles. The minimum Gasteiger partial charge on any atom is -0.418 e. The minimum atomic E-state index is -6.00. The van der Waals surface area contributed by atoms with E-state index in [1.165, 1.54) is 16.7 Å². The second kappa shape index (κ2) is 7.86. The molecule has 0 bridgehead atoms. The third-order valence-corrected chi connectivity index (χ3v) is 3.78. The summed E-state index contributed by atoms with van der Waals surface area (Å²) in [6.45, 7) is 5.71. The first-order valence-corrected chi connectivity index (χ1v) is 7.39. The largest absolute Gasteiger partial charge is 0.673 e. The lowest BCUT2D eigenvalue weighted by Crippen LogP contribution is -2.02. The van der Waals surface area contributed by atoms with Crippen LogP contribution in [-0.4, -0.2) is 7.25 Å². The van der Waals surface area contributed by atoms with E-state index in [9.17, 15) is 21.7 Å². The van der Waals surface area contributed by atoms with Gasteiger partial charge in [0.05, 0.1) is 0 Å². The molecule has 0 spiro atoms. The van der Waals surface area contributed by atoms with Gasteiger partial charge in [-0.1, -0.05) is 23.8 Å². The molecule has 0 aromatic heterocycles. The predicted molar refractivity (Wildman–Crippen MR) is 89.5 cm³/mol. The van der Waals surface area contributed by atoms with Gasteiger partial charge >= 0.3 is 7.25 Å². The lowest BCUT2D eigenvalue weighted by molar-refractivity contribution is 0.368. The van der Waals surface area contributed by atoms with Crippen LogP contribution in [0.1, 0.15) is 22.3 Å². The Balaban J connectivity index is 0.000000463. The Morgan fingerprint density at radius 1 is 0.870 bits per heavy atom. The van der Waals surface area contributed by atoms with Gasteiger partial charge in [-0.15, -0.1) is 0 Å². The van der Waals surface area contributed by atoms with Crippen LogP contribution >= 0.6 is 0 Å². The number of hydrogen-bond acceptors (Lipinski definition) is 0. The maximum atomic E-state index is 13.0. The maximum Gasteiger partial charge on any atom is 0.673 e. The number of hydrogen-bond donors (Lipinski definition) is 0. The maximum absolute atomic E-state index is 13.0. The van der Waals surface area contributed by atoms with Crippen molar-refractivity contribution in [3.8, 4) is 11.1 Å². The predicted octanol–water partition coefficient (Wildman–Crippen LogP) is 5.42. The molecule has 0 nitrogen and oxygen atoms in total. The average molecular weight is 348 g/mol. The van der Waals surface area contributed by atoms with E-state index in [-0.39, 0.29) is 0 Å². The Hall–Kier alpha value is -1.50. The van der Waals surface area contributed by atoms with Gasteiger partial charge in [-0.3, -0.25) is 0 Å². The van der Waals surface area contributed by atoms with Crippen molar-refractivity contribution in [2.24, 2.45) is 0 Å². The summed E-state index contributed by atoms with van der Waals surface area (Å²) in [7, 11) is -6.00. The van der Waals surface area contributed by atoms with Crippen molar-refractivity contribution in [2.75, 3.05) is 0 Å². The number of benzene rings is 2. The molecule has 0 aliphatic carbocycles. The summed E-state index contributed by atoms with van der Waals surface area (Å²) in [5.74, 6) is 0. The highest BCUT2D eigenvalue weighted by Gasteiger charge is 2.20. The van der Waals surface area contributed by atoms with Gasteiger partial charge in [0.2, 0.25) is 0 Å². The molecule has 2 aromatic rings. The lowest BCUT2D eigenvalue weighted by atomic mass is 9.95. The number of aryl methyl sites for hydroxylation is 3. The zero-order valence-corrected chi connectivity index (χ0v) is 14.1. The van der Waals surface area contributed by atoms with Crippen LogP contribution in [0.5, 0.6) is 0 Å². The molecule has 2 aromatic carbocycles. The Bertz CT molecular complexity index is 677. The van der Waals surface area contributed by atoms with Gasteiger partial charge in [-0.2, -0.15) is 0 Å². The number of rotatable bonds is 2. The summed E-state index contributed by atoms with van der Waals surface area (Å²) in [6.07, 6.45) is 0. The van der Waals surface area contributed by atoms with E-state index in [4.69, 9.17) is 0 Å². The molecular formula is C16H18BF5S. The van der Waals surface area contributed by atoms with E-state index < -0.39 is 13.9 Å². The molecule has 0 aliphatic heterocycles. The molecule has 0 N–H and O–H groups in total. The molecule has 0 saturated heterocycles. The first kappa shape index (κ1) is 19.6. The van der Waals surface area contributed by atoms with Crippen LogP contribution in [0.2, 0.25) is 0 Å². The highest BCUT2D eigenvalue weighted by molar-refractivity contribution is 7.59. The third-order valence-electron chi connectivity index (χ3n) is 3.19. The quantitative estimate of drug-likeness (QED) is 0.386. The van der Waals surface area contributed by atoms with Crippen LogP contribution < -0.4 is 0 Å². The molecule has 0 heterocycles. The summed E-state index contributed by atoms with van der Waals surface area (Å²) < 4.78 is 52.0. The van der Waals surface area contributed by atoms with Crippen molar-refractivity contribution in [3.63, 3.8) is 0 Å². The van der Waals surface area contributed by atoms with Crippen LogP contribution in [0.15, 0.2) is 35.2 Å². The van der Waals surface area contributed by atoms with Gasteiger partial charge < -0.3 is 17.3 Å². The molecule has 23 heavy (non-hydrogen) atoms. The first-order chi connectivity index (χ1) is 10.5. The minimum absolute atomic E-state index is 0.446. The van der Waals surface area contributed by atoms with E-state index in [0.29, 0.717) is 5.56 Å². The summed E-state index contributed by atoms with van der Waals surface area (Å²) in [5.41, 5.74) is 6.45. The Morgan fingerprint density at radius 3 is 1.91 bits per heavy atom. The molecule has 0 unspecified atom stereocenters. The fraction of sp³-hybridized carbons (Fsp3) is 0.250. The fourth-order valence-corrected chi connectivity index (χ4v) is 2.55. The standard InChI is InChI=1S/C16H17FS.BF4/c1-10-4-5-12(3)14(7-10)15-8-11(2)6-13(9-17)16(15)18;2-1(3,4)5/h4-8,18H,9H2,1-3H3;/q;-1/p+1. The van der Waals surface area contributed by atoms with Crippen molar-refractivity contribution < 1.29 is 21.7 Å². The lowest BCUT2D eigenvalue weighted by Gasteiger charge is -2.10. The zero-order chi connectivity index (χ0) is 17.8. The highest BCUT2D eigenvalue weighted by Crippen LogP contribution is 2.31. The molecule has 0 radical (unpaired) electrons. The van der Waals surface area contributed by atoms with Gasteiger partial charge in [0.15, 0.2) is 4.90 Å². The van der Waals surface area contributed by atoms with Crippen LogP contribution in [0, 0.1) is 20.8 Å². The second-order valence-corrected chi connectivity index (χ2v) is 5.79. The monoisotopic (exact) mass is 348 g/mol. The van der Waals surface area contributed by atoms with Crippen molar-refractivity contribution in [1.82, 2.24) is 0 Å². The Labute approximate surface area is 138 Å². The number of halogens is 5. The average Bonchev–Trinajstić information content (AvgIpc) is 2.42. The molecular weight excluding hydrogens is 330 g/mol. The Kier molecular flexibility index (Phi) is 6.68. The smallest absolute Gasteiger partial charge is 0.418 e. The number of alkyl halides is 1. The summed E-state index contributed by atoms with van der Waals surface area (Å²) in [6, 6.07) is 10.3. The molecule has 0 fully saturated rings. The van der Waals surface area contributed by atoms with Gasteiger partial charge in [-0.05, 0) is 62.2 Å². The zero-order valence-electron chi connectivity index (χ0n) is 13.1. The molecule has 126 valence electrons. The summed E-state index contributed by atoms with van der Waals surface area (Å²) >= 11 is 3.59. The molecule has 2 rings (SSSR count). The van der Waals surface area contributed by atoms with E-state index in [1.54, 1.807) is 0 Å².